The summed E-state index contributed by atoms with van der Waals surface area (Å²) in [6.45, 7) is 5.03. The average molecular weight is 453 g/mol. The first-order valence-corrected chi connectivity index (χ1v) is 11.7. The molecule has 168 valence electrons. The average Bonchev–Trinajstić information content (AvgIpc) is 3.53. The molecule has 0 unspecified atom stereocenters. The van der Waals surface area contributed by atoms with Crippen LogP contribution in [0.5, 0.6) is 0 Å². The molecule has 0 saturated carbocycles. The first-order chi connectivity index (χ1) is 15.7. The van der Waals surface area contributed by atoms with Gasteiger partial charge in [0.25, 0.3) is 0 Å². The number of aromatic amines is 1. The van der Waals surface area contributed by atoms with Gasteiger partial charge in [-0.3, -0.25) is 0 Å². The lowest BCUT2D eigenvalue weighted by Gasteiger charge is -2.11. The summed E-state index contributed by atoms with van der Waals surface area (Å²) in [5, 5.41) is 19.5. The lowest BCUT2D eigenvalue weighted by Crippen LogP contribution is -2.07. The third kappa shape index (κ3) is 5.07. The first kappa shape index (κ1) is 22.2. The molecule has 0 bridgehead atoms. The zero-order chi connectivity index (χ0) is 22.3. The van der Waals surface area contributed by atoms with Crippen LogP contribution < -0.4 is 0 Å². The van der Waals surface area contributed by atoms with Gasteiger partial charge in [-0.15, -0.1) is 15.3 Å². The Morgan fingerprint density at radius 1 is 0.969 bits per heavy atom. The van der Waals surface area contributed by atoms with E-state index in [1.165, 1.54) is 18.4 Å². The second-order valence-corrected chi connectivity index (χ2v) is 8.31. The molecular weight excluding hydrogens is 424 g/mol. The summed E-state index contributed by atoms with van der Waals surface area (Å²) in [5.41, 5.74) is 4.43. The fraction of sp³-hybridized carbons (Fsp3) is 0.435. The van der Waals surface area contributed by atoms with E-state index in [0.717, 1.165) is 54.9 Å². The SMILES string of the molecule is CCCCCc1ccn(-c2ccc(Cn3nc(Cl)nc3CCCC)cc2)c1-c1nn[nH]n1. The quantitative estimate of drug-likeness (QED) is 0.322. The van der Waals surface area contributed by atoms with Crippen molar-refractivity contribution in [1.29, 1.82) is 0 Å². The largest absolute Gasteiger partial charge is 0.313 e. The van der Waals surface area contributed by atoms with E-state index in [-0.39, 0.29) is 0 Å². The van der Waals surface area contributed by atoms with Gasteiger partial charge in [-0.05, 0) is 65.4 Å². The van der Waals surface area contributed by atoms with Crippen LogP contribution in [0.25, 0.3) is 17.2 Å². The minimum absolute atomic E-state index is 0.306. The van der Waals surface area contributed by atoms with Crippen LogP contribution in [0.3, 0.4) is 0 Å². The van der Waals surface area contributed by atoms with Crippen LogP contribution >= 0.6 is 11.6 Å². The Morgan fingerprint density at radius 2 is 1.78 bits per heavy atom. The van der Waals surface area contributed by atoms with Crippen LogP contribution in [-0.2, 0) is 19.4 Å². The highest BCUT2D eigenvalue weighted by Crippen LogP contribution is 2.27. The summed E-state index contributed by atoms with van der Waals surface area (Å²) in [5.74, 6) is 1.55. The Labute approximate surface area is 193 Å². The second-order valence-electron chi connectivity index (χ2n) is 7.98. The van der Waals surface area contributed by atoms with Gasteiger partial charge < -0.3 is 4.57 Å². The topological polar surface area (TPSA) is 90.1 Å². The Kier molecular flexibility index (Phi) is 7.32. The van der Waals surface area contributed by atoms with Crippen molar-refractivity contribution >= 4 is 11.6 Å². The fourth-order valence-electron chi connectivity index (χ4n) is 3.89. The molecule has 0 radical (unpaired) electrons. The standard InChI is InChI=1S/C23H29ClN8/c1-3-5-7-8-18-14-15-31(21(18)22-26-29-30-27-22)19-12-10-17(11-13-19)16-32-20(9-6-4-2)25-23(24)28-32/h10-15H,3-9,16H2,1-2H3,(H,26,27,29,30). The maximum Gasteiger partial charge on any atom is 0.242 e. The van der Waals surface area contributed by atoms with E-state index in [4.69, 9.17) is 11.6 Å². The minimum Gasteiger partial charge on any atom is -0.313 e. The summed E-state index contributed by atoms with van der Waals surface area (Å²) in [7, 11) is 0. The van der Waals surface area contributed by atoms with Crippen LogP contribution in [0, 0.1) is 0 Å². The van der Waals surface area contributed by atoms with Crippen molar-refractivity contribution < 1.29 is 0 Å². The van der Waals surface area contributed by atoms with Gasteiger partial charge in [-0.1, -0.05) is 45.2 Å². The molecule has 3 aromatic heterocycles. The highest BCUT2D eigenvalue weighted by Gasteiger charge is 2.16. The predicted molar refractivity (Wildman–Crippen MR) is 125 cm³/mol. The Bertz CT molecular complexity index is 1110. The van der Waals surface area contributed by atoms with Gasteiger partial charge in [-0.2, -0.15) is 5.21 Å². The molecule has 0 aliphatic heterocycles. The maximum absolute atomic E-state index is 6.06. The molecule has 4 rings (SSSR count). The molecule has 0 amide bonds. The molecule has 8 nitrogen and oxygen atoms in total. The predicted octanol–water partition coefficient (Wildman–Crippen LogP) is 5.03. The summed E-state index contributed by atoms with van der Waals surface area (Å²) in [6, 6.07) is 10.6. The minimum atomic E-state index is 0.306. The molecule has 0 fully saturated rings. The molecule has 0 spiro atoms. The zero-order valence-corrected chi connectivity index (χ0v) is 19.4. The van der Waals surface area contributed by atoms with Gasteiger partial charge in [0.15, 0.2) is 0 Å². The Hall–Kier alpha value is -3.00. The van der Waals surface area contributed by atoms with Gasteiger partial charge >= 0.3 is 0 Å². The maximum atomic E-state index is 6.06. The van der Waals surface area contributed by atoms with E-state index in [1.54, 1.807) is 0 Å². The van der Waals surface area contributed by atoms with Crippen LogP contribution in [0.2, 0.25) is 5.28 Å². The fourth-order valence-corrected chi connectivity index (χ4v) is 4.08. The Balaban J connectivity index is 1.57. The van der Waals surface area contributed by atoms with Crippen LogP contribution in [0.15, 0.2) is 36.5 Å². The zero-order valence-electron chi connectivity index (χ0n) is 18.6. The van der Waals surface area contributed by atoms with Crippen molar-refractivity contribution in [3.8, 4) is 17.2 Å². The number of benzene rings is 1. The van der Waals surface area contributed by atoms with Crippen molar-refractivity contribution in [2.75, 3.05) is 0 Å². The number of tetrazole rings is 1. The van der Waals surface area contributed by atoms with Gasteiger partial charge in [0.2, 0.25) is 11.1 Å². The molecule has 0 aliphatic carbocycles. The number of nitrogens with zero attached hydrogens (tertiary/aromatic N) is 7. The third-order valence-electron chi connectivity index (χ3n) is 5.60. The molecule has 0 aliphatic rings. The van der Waals surface area contributed by atoms with Gasteiger partial charge in [0.05, 0.1) is 12.2 Å². The lowest BCUT2D eigenvalue weighted by molar-refractivity contribution is 0.618. The molecular formula is C23H29ClN8. The number of H-pyrrole nitrogens is 1. The number of hydrogen-bond acceptors (Lipinski definition) is 5. The van der Waals surface area contributed by atoms with Crippen molar-refractivity contribution in [2.24, 2.45) is 0 Å². The van der Waals surface area contributed by atoms with Gasteiger partial charge in [0, 0.05) is 18.3 Å². The van der Waals surface area contributed by atoms with Crippen molar-refractivity contribution in [2.45, 2.75) is 65.3 Å². The molecule has 0 saturated heterocycles. The van der Waals surface area contributed by atoms with E-state index < -0.39 is 0 Å². The first-order valence-electron chi connectivity index (χ1n) is 11.3. The highest BCUT2D eigenvalue weighted by atomic mass is 35.5. The molecule has 1 aromatic carbocycles. The number of halogens is 1. The van der Waals surface area contributed by atoms with E-state index in [0.29, 0.717) is 17.7 Å². The van der Waals surface area contributed by atoms with Gasteiger partial charge in [-0.25, -0.2) is 9.67 Å². The van der Waals surface area contributed by atoms with E-state index >= 15 is 0 Å². The summed E-state index contributed by atoms with van der Waals surface area (Å²) in [4.78, 5) is 4.37. The number of nitrogens with one attached hydrogen (secondary N) is 1. The Morgan fingerprint density at radius 3 is 2.50 bits per heavy atom. The number of hydrogen-bond donors (Lipinski definition) is 1. The van der Waals surface area contributed by atoms with E-state index in [9.17, 15) is 0 Å². The van der Waals surface area contributed by atoms with Crippen LogP contribution in [-0.4, -0.2) is 40.0 Å². The van der Waals surface area contributed by atoms with E-state index in [1.807, 2.05) is 4.68 Å². The molecule has 1 N–H and O–H groups in total. The number of aryl methyl sites for hydroxylation is 2. The summed E-state index contributed by atoms with van der Waals surface area (Å²) in [6.07, 6.45) is 9.69. The summed E-state index contributed by atoms with van der Waals surface area (Å²) < 4.78 is 4.04. The number of unbranched alkanes of at least 4 members (excludes halogenated alkanes) is 3. The molecule has 0 atom stereocenters. The lowest BCUT2D eigenvalue weighted by atomic mass is 10.1. The van der Waals surface area contributed by atoms with Crippen LogP contribution in [0.4, 0.5) is 0 Å². The van der Waals surface area contributed by atoms with E-state index in [2.05, 4.69) is 85.7 Å². The third-order valence-corrected chi connectivity index (χ3v) is 5.76. The smallest absolute Gasteiger partial charge is 0.242 e. The summed E-state index contributed by atoms with van der Waals surface area (Å²) >= 11 is 6.06. The second kappa shape index (κ2) is 10.5. The molecule has 32 heavy (non-hydrogen) atoms. The normalized spacial score (nSPS) is 11.3. The van der Waals surface area contributed by atoms with Crippen molar-refractivity contribution in [3.05, 3.63) is 58.8 Å². The monoisotopic (exact) mass is 452 g/mol. The van der Waals surface area contributed by atoms with Crippen molar-refractivity contribution in [3.63, 3.8) is 0 Å². The molecule has 4 aromatic rings. The number of rotatable bonds is 11. The van der Waals surface area contributed by atoms with Crippen LogP contribution in [0.1, 0.15) is 62.9 Å². The molecule has 3 heterocycles. The number of aromatic nitrogens is 8. The van der Waals surface area contributed by atoms with Crippen molar-refractivity contribution in [1.82, 2.24) is 40.0 Å². The van der Waals surface area contributed by atoms with Gasteiger partial charge in [0.1, 0.15) is 5.82 Å². The molecule has 9 heteroatoms. The highest BCUT2D eigenvalue weighted by molar-refractivity contribution is 6.28.